The monoisotopic (exact) mass is 242 g/mol. The third-order valence-electron chi connectivity index (χ3n) is 2.69. The van der Waals surface area contributed by atoms with Crippen molar-refractivity contribution in [3.05, 3.63) is 53.7 Å². The van der Waals surface area contributed by atoms with Crippen molar-refractivity contribution in [3.63, 3.8) is 0 Å². The maximum Gasteiger partial charge on any atom is 0.242 e. The van der Waals surface area contributed by atoms with Crippen molar-refractivity contribution in [2.45, 2.75) is 5.25 Å². The van der Waals surface area contributed by atoms with Crippen LogP contribution in [0.5, 0.6) is 0 Å². The van der Waals surface area contributed by atoms with E-state index in [-0.39, 0.29) is 11.2 Å². The van der Waals surface area contributed by atoms with Crippen molar-refractivity contribution in [2.75, 3.05) is 0 Å². The second-order valence-corrected chi connectivity index (χ2v) is 5.07. The van der Waals surface area contributed by atoms with Crippen molar-refractivity contribution in [1.82, 2.24) is 10.3 Å². The summed E-state index contributed by atoms with van der Waals surface area (Å²) in [5.74, 6) is 0.00300. The number of carbonyl (C=O) groups excluding carboxylic acids is 1. The van der Waals surface area contributed by atoms with Crippen LogP contribution in [-0.2, 0) is 4.79 Å². The molecule has 1 aromatic carbocycles. The summed E-state index contributed by atoms with van der Waals surface area (Å²) in [6, 6.07) is 9.80. The Labute approximate surface area is 103 Å². The first-order chi connectivity index (χ1) is 8.24. The minimum absolute atomic E-state index is 0.00300. The molecule has 4 heteroatoms. The maximum absolute atomic E-state index is 11.7. The molecule has 1 aliphatic rings. The third kappa shape index (κ3) is 1.80. The molecule has 0 bridgehead atoms. The Morgan fingerprint density at radius 1 is 1.35 bits per heavy atom. The van der Waals surface area contributed by atoms with Crippen molar-refractivity contribution < 1.29 is 4.79 Å². The number of fused-ring (bicyclic) bond motifs is 1. The van der Waals surface area contributed by atoms with Crippen LogP contribution in [0.3, 0.4) is 0 Å². The minimum Gasteiger partial charge on any atom is -0.320 e. The van der Waals surface area contributed by atoms with Gasteiger partial charge in [0.15, 0.2) is 0 Å². The molecule has 0 saturated carbocycles. The smallest absolute Gasteiger partial charge is 0.242 e. The van der Waals surface area contributed by atoms with Crippen molar-refractivity contribution in [1.29, 1.82) is 0 Å². The fourth-order valence-corrected chi connectivity index (χ4v) is 2.80. The summed E-state index contributed by atoms with van der Waals surface area (Å²) >= 11 is 1.46. The molecule has 0 aliphatic carbocycles. The van der Waals surface area contributed by atoms with E-state index in [0.29, 0.717) is 5.03 Å². The van der Waals surface area contributed by atoms with E-state index in [1.54, 1.807) is 6.20 Å². The molecule has 1 aromatic heterocycles. The number of rotatable bonds is 1. The first-order valence-corrected chi connectivity index (χ1v) is 6.13. The van der Waals surface area contributed by atoms with Gasteiger partial charge < -0.3 is 5.32 Å². The molecule has 2 aromatic rings. The van der Waals surface area contributed by atoms with Crippen LogP contribution < -0.4 is 5.32 Å². The van der Waals surface area contributed by atoms with Crippen molar-refractivity contribution in [2.24, 2.45) is 0 Å². The van der Waals surface area contributed by atoms with Crippen LogP contribution in [-0.4, -0.2) is 10.9 Å². The minimum atomic E-state index is -0.188. The van der Waals surface area contributed by atoms with Gasteiger partial charge in [-0.1, -0.05) is 30.5 Å². The number of nitrogens with one attached hydrogen (secondary N) is 1. The van der Waals surface area contributed by atoms with Crippen LogP contribution in [0.15, 0.2) is 48.1 Å². The lowest BCUT2D eigenvalue weighted by Crippen LogP contribution is -2.16. The maximum atomic E-state index is 11.7. The summed E-state index contributed by atoms with van der Waals surface area (Å²) in [4.78, 5) is 16.0. The summed E-state index contributed by atoms with van der Waals surface area (Å²) in [5.41, 5.74) is 1.94. The number of aromatic nitrogens is 1. The van der Waals surface area contributed by atoms with Crippen LogP contribution in [0.4, 0.5) is 0 Å². The summed E-state index contributed by atoms with van der Waals surface area (Å²) in [5, 5.41) is 4.31. The zero-order chi connectivity index (χ0) is 11.8. The number of hydrogen-bond acceptors (Lipinski definition) is 3. The summed E-state index contributed by atoms with van der Waals surface area (Å²) in [6.45, 7) is 3.76. The lowest BCUT2D eigenvalue weighted by atomic mass is 10.1. The van der Waals surface area contributed by atoms with E-state index in [2.05, 4.69) is 16.9 Å². The predicted octanol–water partition coefficient (Wildman–Crippen LogP) is 2.61. The van der Waals surface area contributed by atoms with E-state index in [0.717, 1.165) is 16.5 Å². The lowest BCUT2D eigenvalue weighted by Gasteiger charge is -2.06. The van der Waals surface area contributed by atoms with E-state index in [1.807, 2.05) is 30.3 Å². The summed E-state index contributed by atoms with van der Waals surface area (Å²) in [6.07, 6.45) is 1.76. The molecule has 17 heavy (non-hydrogen) atoms. The zero-order valence-electron chi connectivity index (χ0n) is 9.01. The van der Waals surface area contributed by atoms with Gasteiger partial charge in [-0.3, -0.25) is 9.78 Å². The van der Waals surface area contributed by atoms with Gasteiger partial charge in [-0.15, -0.1) is 0 Å². The highest BCUT2D eigenvalue weighted by atomic mass is 32.2. The number of thioether (sulfide) groups is 1. The Kier molecular flexibility index (Phi) is 2.37. The molecule has 0 radical (unpaired) electrons. The van der Waals surface area contributed by atoms with Gasteiger partial charge in [-0.25, -0.2) is 0 Å². The Morgan fingerprint density at radius 3 is 3.00 bits per heavy atom. The average molecular weight is 242 g/mol. The predicted molar refractivity (Wildman–Crippen MR) is 69.4 cm³/mol. The van der Waals surface area contributed by atoms with E-state index in [1.165, 1.54) is 11.8 Å². The quantitative estimate of drug-likeness (QED) is 0.835. The Hall–Kier alpha value is -1.81. The number of carbonyl (C=O) groups is 1. The number of benzene rings is 1. The number of amides is 1. The first-order valence-electron chi connectivity index (χ1n) is 5.25. The summed E-state index contributed by atoms with van der Waals surface area (Å²) in [7, 11) is 0. The SMILES string of the molecule is C=C1NC(=O)C(c2ccc3ncccc3c2)S1. The Morgan fingerprint density at radius 2 is 2.24 bits per heavy atom. The molecule has 2 heterocycles. The van der Waals surface area contributed by atoms with Gasteiger partial charge in [0.1, 0.15) is 5.25 Å². The van der Waals surface area contributed by atoms with Crippen LogP contribution in [0.1, 0.15) is 10.8 Å². The van der Waals surface area contributed by atoms with Crippen LogP contribution in [0.25, 0.3) is 10.9 Å². The third-order valence-corrected chi connectivity index (χ3v) is 3.80. The number of pyridine rings is 1. The second kappa shape index (κ2) is 3.89. The van der Waals surface area contributed by atoms with E-state index in [9.17, 15) is 4.79 Å². The Bertz CT molecular complexity index is 624. The standard InChI is InChI=1S/C13H10N2OS/c1-8-15-13(16)12(17-8)10-4-5-11-9(7-10)3-2-6-14-11/h2-7,12H,1H2,(H,15,16). The summed E-state index contributed by atoms with van der Waals surface area (Å²) < 4.78 is 0. The molecule has 1 aliphatic heterocycles. The molecule has 1 atom stereocenters. The molecule has 0 spiro atoms. The molecule has 1 unspecified atom stereocenters. The molecule has 3 rings (SSSR count). The molecule has 1 N–H and O–H groups in total. The van der Waals surface area contributed by atoms with Gasteiger partial charge >= 0.3 is 0 Å². The van der Waals surface area contributed by atoms with Gasteiger partial charge in [0.25, 0.3) is 0 Å². The van der Waals surface area contributed by atoms with Gasteiger partial charge in [-0.2, -0.15) is 0 Å². The van der Waals surface area contributed by atoms with Gasteiger partial charge in [-0.05, 0) is 23.8 Å². The van der Waals surface area contributed by atoms with E-state index in [4.69, 9.17) is 0 Å². The molecular weight excluding hydrogens is 232 g/mol. The van der Waals surface area contributed by atoms with E-state index >= 15 is 0 Å². The van der Waals surface area contributed by atoms with Crippen molar-refractivity contribution >= 4 is 28.6 Å². The van der Waals surface area contributed by atoms with Gasteiger partial charge in [0.2, 0.25) is 5.91 Å². The molecule has 1 saturated heterocycles. The molecule has 1 fully saturated rings. The fraction of sp³-hybridized carbons (Fsp3) is 0.0769. The van der Waals surface area contributed by atoms with Crippen LogP contribution in [0, 0.1) is 0 Å². The van der Waals surface area contributed by atoms with Gasteiger partial charge in [0.05, 0.1) is 10.5 Å². The van der Waals surface area contributed by atoms with Crippen LogP contribution in [0.2, 0.25) is 0 Å². The van der Waals surface area contributed by atoms with Crippen LogP contribution >= 0.6 is 11.8 Å². The normalized spacial score (nSPS) is 19.6. The van der Waals surface area contributed by atoms with Gasteiger partial charge in [0, 0.05) is 11.6 Å². The number of nitrogens with zero attached hydrogens (tertiary/aromatic N) is 1. The molecule has 1 amide bonds. The second-order valence-electron chi connectivity index (χ2n) is 3.87. The number of hydrogen-bond donors (Lipinski definition) is 1. The highest BCUT2D eigenvalue weighted by Gasteiger charge is 2.29. The molecule has 84 valence electrons. The van der Waals surface area contributed by atoms with Crippen molar-refractivity contribution in [3.8, 4) is 0 Å². The highest BCUT2D eigenvalue weighted by molar-refractivity contribution is 8.04. The Balaban J connectivity index is 2.06. The largest absolute Gasteiger partial charge is 0.320 e. The first kappa shape index (κ1) is 10.4. The lowest BCUT2D eigenvalue weighted by molar-refractivity contribution is -0.119. The topological polar surface area (TPSA) is 42.0 Å². The fourth-order valence-electron chi connectivity index (χ4n) is 1.90. The highest BCUT2D eigenvalue weighted by Crippen LogP contribution is 2.38. The molecule has 3 nitrogen and oxygen atoms in total. The van der Waals surface area contributed by atoms with E-state index < -0.39 is 0 Å². The zero-order valence-corrected chi connectivity index (χ0v) is 9.83. The molecular formula is C13H10N2OS. The average Bonchev–Trinajstić information content (AvgIpc) is 2.68.